The number of nitrogens with zero attached hydrogens (tertiary/aromatic N) is 2. The topological polar surface area (TPSA) is 93.2 Å². The third-order valence-electron chi connectivity index (χ3n) is 11.8. The fourth-order valence-electron chi connectivity index (χ4n) is 7.39. The molecule has 5 aromatic carbocycles. The van der Waals surface area contributed by atoms with E-state index in [9.17, 15) is 19.2 Å². The number of carbonyl (C=O) groups is 4. The molecule has 5 aromatic rings. The number of imide groups is 2. The molecule has 0 N–H and O–H groups in total. The molecule has 0 radical (unpaired) electrons. The second-order valence-electron chi connectivity index (χ2n) is 15.3. The van der Waals surface area contributed by atoms with Gasteiger partial charge in [0.05, 0.1) is 27.9 Å². The molecule has 0 saturated carbocycles. The lowest BCUT2D eigenvalue weighted by molar-refractivity contribution is 0.0592. The highest BCUT2D eigenvalue weighted by Crippen LogP contribution is 2.38. The van der Waals surface area contributed by atoms with E-state index in [0.717, 1.165) is 24.0 Å². The molecule has 2 heterocycles. The number of rotatable bonds is 12. The molecule has 7 rings (SSSR count). The van der Waals surface area contributed by atoms with Gasteiger partial charge in [0, 0.05) is 11.5 Å². The van der Waals surface area contributed by atoms with Gasteiger partial charge in [-0.3, -0.25) is 24.1 Å². The van der Waals surface area contributed by atoms with Gasteiger partial charge in [-0.25, -0.2) is 4.90 Å². The lowest BCUT2D eigenvalue weighted by Gasteiger charge is -2.28. The van der Waals surface area contributed by atoms with Crippen molar-refractivity contribution in [2.45, 2.75) is 84.6 Å². The fourth-order valence-corrected chi connectivity index (χ4v) is 7.39. The van der Waals surface area contributed by atoms with Crippen LogP contribution in [0.25, 0.3) is 0 Å². The van der Waals surface area contributed by atoms with Gasteiger partial charge in [0.1, 0.15) is 23.0 Å². The Morgan fingerprint density at radius 1 is 0.509 bits per heavy atom. The Balaban J connectivity index is 1.01. The number of anilines is 1. The Morgan fingerprint density at radius 3 is 1.38 bits per heavy atom. The highest BCUT2D eigenvalue weighted by molar-refractivity contribution is 6.34. The molecule has 2 aliphatic rings. The monoisotopic (exact) mass is 734 g/mol. The van der Waals surface area contributed by atoms with Crippen LogP contribution in [0.2, 0.25) is 0 Å². The molecule has 8 heteroatoms. The van der Waals surface area contributed by atoms with Crippen molar-refractivity contribution < 1.29 is 28.7 Å². The molecule has 0 aliphatic carbocycles. The lowest BCUT2D eigenvalue weighted by atomic mass is 9.78. The van der Waals surface area contributed by atoms with E-state index in [1.165, 1.54) is 15.4 Å². The van der Waals surface area contributed by atoms with Crippen LogP contribution in [0.5, 0.6) is 23.0 Å². The molecule has 1 atom stereocenters. The second-order valence-corrected chi connectivity index (χ2v) is 15.3. The normalized spacial score (nSPS) is 14.7. The van der Waals surface area contributed by atoms with Crippen LogP contribution in [0.4, 0.5) is 5.69 Å². The van der Waals surface area contributed by atoms with E-state index in [-0.39, 0.29) is 40.5 Å². The molecule has 2 aliphatic heterocycles. The molecule has 0 bridgehead atoms. The Bertz CT molecular complexity index is 2300. The van der Waals surface area contributed by atoms with E-state index in [2.05, 4.69) is 34.6 Å². The van der Waals surface area contributed by atoms with Crippen molar-refractivity contribution >= 4 is 29.3 Å². The van der Waals surface area contributed by atoms with Gasteiger partial charge in [-0.1, -0.05) is 77.9 Å². The quantitative estimate of drug-likeness (QED) is 0.118. The summed E-state index contributed by atoms with van der Waals surface area (Å²) in [5, 5.41) is 0. The molecular weight excluding hydrogens is 689 g/mol. The Hall–Kier alpha value is -6.02. The number of amides is 4. The summed E-state index contributed by atoms with van der Waals surface area (Å²) in [7, 11) is 0. The molecule has 280 valence electrons. The van der Waals surface area contributed by atoms with Crippen molar-refractivity contribution in [1.29, 1.82) is 0 Å². The Kier molecular flexibility index (Phi) is 9.72. The number of hydrogen-bond donors (Lipinski definition) is 0. The summed E-state index contributed by atoms with van der Waals surface area (Å²) in [5.74, 6) is 0.904. The van der Waals surface area contributed by atoms with Crippen molar-refractivity contribution in [2.75, 3.05) is 4.90 Å². The van der Waals surface area contributed by atoms with Crippen LogP contribution in [0.1, 0.15) is 126 Å². The van der Waals surface area contributed by atoms with Gasteiger partial charge in [0.25, 0.3) is 23.6 Å². The van der Waals surface area contributed by atoms with Crippen molar-refractivity contribution in [3.8, 4) is 23.0 Å². The van der Waals surface area contributed by atoms with Gasteiger partial charge in [0.15, 0.2) is 0 Å². The zero-order valence-corrected chi connectivity index (χ0v) is 32.4. The third kappa shape index (κ3) is 6.60. The summed E-state index contributed by atoms with van der Waals surface area (Å²) in [5.41, 5.74) is 5.00. The van der Waals surface area contributed by atoms with Crippen LogP contribution in [0, 0.1) is 0 Å². The number of carbonyl (C=O) groups excluding carboxylic acids is 4. The second kappa shape index (κ2) is 14.3. The van der Waals surface area contributed by atoms with E-state index in [1.807, 2.05) is 86.6 Å². The summed E-state index contributed by atoms with van der Waals surface area (Å²) >= 11 is 0. The minimum Gasteiger partial charge on any atom is -0.457 e. The number of fused-ring (bicyclic) bond motifs is 2. The molecule has 0 aromatic heterocycles. The third-order valence-corrected chi connectivity index (χ3v) is 11.8. The predicted octanol–water partition coefficient (Wildman–Crippen LogP) is 10.9. The highest BCUT2D eigenvalue weighted by Gasteiger charge is 2.39. The van der Waals surface area contributed by atoms with E-state index < -0.39 is 0 Å². The van der Waals surface area contributed by atoms with Gasteiger partial charge in [-0.05, 0) is 121 Å². The standard InChI is InChI=1S/C47H46N2O6/c1-8-29(4)48-42(50)38-25-23-36(27-40(38)44(48)52)54-34-19-13-30(14-20-34)46(5,6)31-15-21-35(22-16-31)55-37-24-26-39-41(28-37)45(53)49(43(39)51)33-17-11-32(12-18-33)47(7,9-2)10-3/h11-29H,8-10H2,1-7H3. The number of benzene rings is 5. The van der Waals surface area contributed by atoms with Crippen LogP contribution in [0.15, 0.2) is 109 Å². The van der Waals surface area contributed by atoms with Gasteiger partial charge < -0.3 is 9.47 Å². The molecule has 1 unspecified atom stereocenters. The van der Waals surface area contributed by atoms with Crippen molar-refractivity contribution in [2.24, 2.45) is 0 Å². The van der Waals surface area contributed by atoms with Gasteiger partial charge in [-0.2, -0.15) is 0 Å². The summed E-state index contributed by atoms with van der Waals surface area (Å²) in [6.07, 6.45) is 2.68. The van der Waals surface area contributed by atoms with Gasteiger partial charge in [0.2, 0.25) is 0 Å². The first kappa shape index (κ1) is 37.3. The predicted molar refractivity (Wildman–Crippen MR) is 214 cm³/mol. The smallest absolute Gasteiger partial charge is 0.266 e. The van der Waals surface area contributed by atoms with E-state index in [0.29, 0.717) is 57.4 Å². The molecule has 0 saturated heterocycles. The van der Waals surface area contributed by atoms with Crippen LogP contribution in [-0.2, 0) is 10.8 Å². The molecule has 55 heavy (non-hydrogen) atoms. The van der Waals surface area contributed by atoms with Gasteiger partial charge in [-0.15, -0.1) is 0 Å². The molecule has 0 fully saturated rings. The lowest BCUT2D eigenvalue weighted by Crippen LogP contribution is -2.37. The largest absolute Gasteiger partial charge is 0.457 e. The van der Waals surface area contributed by atoms with Gasteiger partial charge >= 0.3 is 0 Å². The Labute approximate surface area is 322 Å². The van der Waals surface area contributed by atoms with E-state index >= 15 is 0 Å². The summed E-state index contributed by atoms with van der Waals surface area (Å²) in [6, 6.07) is 33.2. The summed E-state index contributed by atoms with van der Waals surface area (Å²) in [6.45, 7) is 14.7. The summed E-state index contributed by atoms with van der Waals surface area (Å²) < 4.78 is 12.3. The maximum absolute atomic E-state index is 13.5. The van der Waals surface area contributed by atoms with Crippen LogP contribution < -0.4 is 14.4 Å². The zero-order chi connectivity index (χ0) is 39.2. The maximum Gasteiger partial charge on any atom is 0.266 e. The minimum absolute atomic E-state index is 0.0400. The van der Waals surface area contributed by atoms with Crippen molar-refractivity contribution in [3.05, 3.63) is 148 Å². The minimum atomic E-state index is -0.368. The van der Waals surface area contributed by atoms with E-state index in [4.69, 9.17) is 9.47 Å². The first-order valence-corrected chi connectivity index (χ1v) is 19.0. The first-order valence-electron chi connectivity index (χ1n) is 19.0. The van der Waals surface area contributed by atoms with Crippen molar-refractivity contribution in [3.63, 3.8) is 0 Å². The van der Waals surface area contributed by atoms with Crippen LogP contribution in [-0.4, -0.2) is 34.6 Å². The first-order chi connectivity index (χ1) is 26.3. The SMILES string of the molecule is CCC(C)N1C(=O)c2ccc(Oc3ccc(C(C)(C)c4ccc(Oc5ccc6c(c5)C(=O)N(c5ccc(C(C)(CC)CC)cc5)C6=O)cc4)cc3)cc2C1=O. The number of hydrogen-bond acceptors (Lipinski definition) is 6. The van der Waals surface area contributed by atoms with Crippen molar-refractivity contribution in [1.82, 2.24) is 4.90 Å². The summed E-state index contributed by atoms with van der Waals surface area (Å²) in [4.78, 5) is 55.2. The molecule has 8 nitrogen and oxygen atoms in total. The molecular formula is C47H46N2O6. The highest BCUT2D eigenvalue weighted by atomic mass is 16.5. The fraction of sp³-hybridized carbons (Fsp3) is 0.277. The van der Waals surface area contributed by atoms with E-state index in [1.54, 1.807) is 36.4 Å². The number of ether oxygens (including phenoxy) is 2. The Morgan fingerprint density at radius 2 is 0.909 bits per heavy atom. The average molecular weight is 735 g/mol. The molecule has 0 spiro atoms. The van der Waals surface area contributed by atoms with Crippen LogP contribution >= 0.6 is 0 Å². The maximum atomic E-state index is 13.5. The zero-order valence-electron chi connectivity index (χ0n) is 32.4. The van der Waals surface area contributed by atoms with Crippen LogP contribution in [0.3, 0.4) is 0 Å². The average Bonchev–Trinajstić information content (AvgIpc) is 3.60. The molecule has 4 amide bonds.